The van der Waals surface area contributed by atoms with E-state index >= 15 is 0 Å². The Morgan fingerprint density at radius 1 is 1.16 bits per heavy atom. The third-order valence-electron chi connectivity index (χ3n) is 2.50. The molecule has 0 bridgehead atoms. The average molecular weight is 278 g/mol. The van der Waals surface area contributed by atoms with Crippen molar-refractivity contribution in [1.29, 1.82) is 0 Å². The molecule has 1 rings (SSSR count). The van der Waals surface area contributed by atoms with Crippen molar-refractivity contribution in [3.63, 3.8) is 0 Å². The zero-order valence-electron chi connectivity index (χ0n) is 11.5. The number of halogens is 3. The van der Waals surface area contributed by atoms with E-state index in [9.17, 15) is 13.2 Å². The van der Waals surface area contributed by atoms with E-state index in [2.05, 4.69) is 0 Å². The van der Waals surface area contributed by atoms with Crippen LogP contribution < -0.4 is 4.74 Å². The first-order valence-electron chi connectivity index (χ1n) is 6.38. The Kier molecular flexibility index (Phi) is 8.23. The molecule has 1 N–H and O–H groups in total. The minimum atomic E-state index is -4.32. The highest BCUT2D eigenvalue weighted by Gasteiger charge is 2.29. The maximum atomic E-state index is 12.3. The number of aliphatic hydroxyl groups excluding tert-OH is 1. The number of hydrogen-bond acceptors (Lipinski definition) is 2. The molecule has 0 amide bonds. The van der Waals surface area contributed by atoms with Crippen molar-refractivity contribution in [2.45, 2.75) is 33.4 Å². The molecule has 0 heterocycles. The second-order valence-corrected chi connectivity index (χ2v) is 3.79. The van der Waals surface area contributed by atoms with Crippen molar-refractivity contribution < 1.29 is 23.0 Å². The van der Waals surface area contributed by atoms with Crippen LogP contribution in [0.25, 0.3) is 0 Å². The lowest BCUT2D eigenvalue weighted by Crippen LogP contribution is -2.15. The van der Waals surface area contributed by atoms with Gasteiger partial charge in [-0.05, 0) is 30.7 Å². The van der Waals surface area contributed by atoms with Gasteiger partial charge in [0.15, 0.2) is 0 Å². The number of hydrogen-bond donors (Lipinski definition) is 1. The SMILES string of the molecule is CC.CCC(CO)COc1ccc(C(F)(F)F)cc1. The molecule has 0 saturated carbocycles. The highest BCUT2D eigenvalue weighted by molar-refractivity contribution is 5.28. The molecule has 0 fully saturated rings. The summed E-state index contributed by atoms with van der Waals surface area (Å²) in [5.41, 5.74) is -0.695. The first-order chi connectivity index (χ1) is 8.97. The molecule has 2 nitrogen and oxygen atoms in total. The standard InChI is InChI=1S/C12H15F3O2.C2H6/c1-2-9(7-16)8-17-11-5-3-10(4-6-11)12(13,14)15;1-2/h3-6,9,16H,2,7-8H2,1H3;1-2H3. The third-order valence-corrected chi connectivity index (χ3v) is 2.50. The predicted octanol–water partition coefficient (Wildman–Crippen LogP) is 4.13. The topological polar surface area (TPSA) is 29.5 Å². The second-order valence-electron chi connectivity index (χ2n) is 3.79. The lowest BCUT2D eigenvalue weighted by atomic mass is 10.1. The van der Waals surface area contributed by atoms with Gasteiger partial charge in [-0.1, -0.05) is 20.8 Å². The Bertz CT molecular complexity index is 330. The van der Waals surface area contributed by atoms with Crippen molar-refractivity contribution in [3.8, 4) is 5.75 Å². The van der Waals surface area contributed by atoms with E-state index in [-0.39, 0.29) is 12.5 Å². The van der Waals surface area contributed by atoms with E-state index in [0.717, 1.165) is 18.6 Å². The Balaban J connectivity index is 0.00000154. The molecule has 0 aliphatic rings. The van der Waals surface area contributed by atoms with Gasteiger partial charge in [-0.3, -0.25) is 0 Å². The van der Waals surface area contributed by atoms with Gasteiger partial charge in [0.2, 0.25) is 0 Å². The molecule has 1 aromatic rings. The van der Waals surface area contributed by atoms with Crippen LogP contribution in [-0.4, -0.2) is 18.3 Å². The predicted molar refractivity (Wildman–Crippen MR) is 69.2 cm³/mol. The van der Waals surface area contributed by atoms with E-state index in [0.29, 0.717) is 12.4 Å². The van der Waals surface area contributed by atoms with E-state index in [1.54, 1.807) is 0 Å². The number of benzene rings is 1. The van der Waals surface area contributed by atoms with E-state index in [4.69, 9.17) is 9.84 Å². The molecule has 0 spiro atoms. The molecule has 19 heavy (non-hydrogen) atoms. The van der Waals surface area contributed by atoms with Crippen LogP contribution in [-0.2, 0) is 6.18 Å². The summed E-state index contributed by atoms with van der Waals surface area (Å²) < 4.78 is 42.1. The summed E-state index contributed by atoms with van der Waals surface area (Å²) in [6.45, 7) is 6.23. The minimum Gasteiger partial charge on any atom is -0.493 e. The van der Waals surface area contributed by atoms with Gasteiger partial charge in [0.05, 0.1) is 12.2 Å². The van der Waals surface area contributed by atoms with E-state index in [1.165, 1.54) is 12.1 Å². The summed E-state index contributed by atoms with van der Waals surface area (Å²) in [6, 6.07) is 4.53. The van der Waals surface area contributed by atoms with Gasteiger partial charge < -0.3 is 9.84 Å². The van der Waals surface area contributed by atoms with Crippen molar-refractivity contribution in [2.24, 2.45) is 5.92 Å². The quantitative estimate of drug-likeness (QED) is 0.877. The fourth-order valence-corrected chi connectivity index (χ4v) is 1.25. The van der Waals surface area contributed by atoms with Gasteiger partial charge in [0.25, 0.3) is 0 Å². The zero-order chi connectivity index (χ0) is 14.9. The first kappa shape index (κ1) is 17.8. The molecule has 110 valence electrons. The van der Waals surface area contributed by atoms with Gasteiger partial charge in [-0.25, -0.2) is 0 Å². The number of rotatable bonds is 5. The van der Waals surface area contributed by atoms with Crippen molar-refractivity contribution in [2.75, 3.05) is 13.2 Å². The van der Waals surface area contributed by atoms with Crippen LogP contribution in [0, 0.1) is 5.92 Å². The maximum Gasteiger partial charge on any atom is 0.416 e. The highest BCUT2D eigenvalue weighted by Crippen LogP contribution is 2.30. The average Bonchev–Trinajstić information content (AvgIpc) is 2.42. The first-order valence-corrected chi connectivity index (χ1v) is 6.38. The van der Waals surface area contributed by atoms with Crippen LogP contribution in [0.2, 0.25) is 0 Å². The summed E-state index contributed by atoms with van der Waals surface area (Å²) in [7, 11) is 0. The van der Waals surface area contributed by atoms with Crippen LogP contribution >= 0.6 is 0 Å². The van der Waals surface area contributed by atoms with Gasteiger partial charge >= 0.3 is 6.18 Å². The fourth-order valence-electron chi connectivity index (χ4n) is 1.25. The molecule has 0 radical (unpaired) electrons. The Hall–Kier alpha value is -1.23. The summed E-state index contributed by atoms with van der Waals surface area (Å²) in [4.78, 5) is 0. The number of ether oxygens (including phenoxy) is 1. The highest BCUT2D eigenvalue weighted by atomic mass is 19.4. The maximum absolute atomic E-state index is 12.3. The van der Waals surface area contributed by atoms with Crippen molar-refractivity contribution in [1.82, 2.24) is 0 Å². The van der Waals surface area contributed by atoms with Gasteiger partial charge in [0, 0.05) is 12.5 Å². The fraction of sp³-hybridized carbons (Fsp3) is 0.571. The molecule has 0 aromatic heterocycles. The normalized spacial score (nSPS) is 12.4. The molecule has 0 aliphatic carbocycles. The largest absolute Gasteiger partial charge is 0.493 e. The Morgan fingerprint density at radius 3 is 2.05 bits per heavy atom. The molecule has 0 aliphatic heterocycles. The molecule has 0 saturated heterocycles. The Morgan fingerprint density at radius 2 is 1.68 bits per heavy atom. The molecule has 1 aromatic carbocycles. The second kappa shape index (κ2) is 8.80. The van der Waals surface area contributed by atoms with Crippen LogP contribution in [0.15, 0.2) is 24.3 Å². The molecule has 1 unspecified atom stereocenters. The summed E-state index contributed by atoms with van der Waals surface area (Å²) in [6.07, 6.45) is -3.56. The Labute approximate surface area is 112 Å². The third kappa shape index (κ3) is 6.47. The zero-order valence-corrected chi connectivity index (χ0v) is 11.5. The molecular formula is C14H21F3O2. The lowest BCUT2D eigenvalue weighted by Gasteiger charge is -2.13. The monoisotopic (exact) mass is 278 g/mol. The smallest absolute Gasteiger partial charge is 0.416 e. The summed E-state index contributed by atoms with van der Waals surface area (Å²) in [5.74, 6) is 0.391. The van der Waals surface area contributed by atoms with Crippen LogP contribution in [0.5, 0.6) is 5.75 Å². The van der Waals surface area contributed by atoms with Gasteiger partial charge in [-0.2, -0.15) is 13.2 Å². The summed E-state index contributed by atoms with van der Waals surface area (Å²) in [5, 5.41) is 8.93. The van der Waals surface area contributed by atoms with Crippen LogP contribution in [0.3, 0.4) is 0 Å². The van der Waals surface area contributed by atoms with Crippen molar-refractivity contribution in [3.05, 3.63) is 29.8 Å². The van der Waals surface area contributed by atoms with Crippen LogP contribution in [0.4, 0.5) is 13.2 Å². The van der Waals surface area contributed by atoms with Crippen LogP contribution in [0.1, 0.15) is 32.8 Å². The number of aliphatic hydroxyl groups is 1. The molecule has 5 heteroatoms. The van der Waals surface area contributed by atoms with Gasteiger partial charge in [-0.15, -0.1) is 0 Å². The lowest BCUT2D eigenvalue weighted by molar-refractivity contribution is -0.137. The molecular weight excluding hydrogens is 257 g/mol. The minimum absolute atomic E-state index is 0.0110. The van der Waals surface area contributed by atoms with E-state index < -0.39 is 11.7 Å². The van der Waals surface area contributed by atoms with E-state index in [1.807, 2.05) is 20.8 Å². The van der Waals surface area contributed by atoms with Gasteiger partial charge in [0.1, 0.15) is 5.75 Å². The summed E-state index contributed by atoms with van der Waals surface area (Å²) >= 11 is 0. The van der Waals surface area contributed by atoms with Crippen molar-refractivity contribution >= 4 is 0 Å². The molecule has 1 atom stereocenters. The number of alkyl halides is 3.